The van der Waals surface area contributed by atoms with Crippen LogP contribution in [0.1, 0.15) is 19.4 Å². The number of fused-ring (bicyclic) bond motifs is 1. The van der Waals surface area contributed by atoms with E-state index in [-0.39, 0.29) is 11.7 Å². The summed E-state index contributed by atoms with van der Waals surface area (Å²) >= 11 is 0. The number of urea groups is 1. The summed E-state index contributed by atoms with van der Waals surface area (Å²) < 4.78 is 13.2. The Labute approximate surface area is 164 Å². The van der Waals surface area contributed by atoms with Crippen LogP contribution in [0.3, 0.4) is 0 Å². The third-order valence-electron chi connectivity index (χ3n) is 5.26. The molecule has 8 nitrogen and oxygen atoms in total. The summed E-state index contributed by atoms with van der Waals surface area (Å²) in [4.78, 5) is 34.8. The number of likely N-dealkylation sites (N-methyl/N-ethyl adjacent to an activating group) is 2. The van der Waals surface area contributed by atoms with Gasteiger partial charge in [0.2, 0.25) is 0 Å². The van der Waals surface area contributed by atoms with Gasteiger partial charge in [0.05, 0.1) is 6.54 Å². The zero-order valence-corrected chi connectivity index (χ0v) is 16.5. The topological polar surface area (TPSA) is 80.3 Å². The molecule has 0 spiro atoms. The largest absolute Gasteiger partial charge is 0.333 e. The lowest BCUT2D eigenvalue weighted by Gasteiger charge is -2.35. The van der Waals surface area contributed by atoms with E-state index >= 15 is 0 Å². The maximum absolute atomic E-state index is 13.2. The fourth-order valence-corrected chi connectivity index (χ4v) is 3.52. The van der Waals surface area contributed by atoms with Crippen LogP contribution in [0.15, 0.2) is 29.3 Å². The Morgan fingerprint density at radius 2 is 1.86 bits per heavy atom. The second kappa shape index (κ2) is 8.55. The summed E-state index contributed by atoms with van der Waals surface area (Å²) in [6.07, 6.45) is -0.492. The van der Waals surface area contributed by atoms with Crippen LogP contribution in [0.5, 0.6) is 0 Å². The summed E-state index contributed by atoms with van der Waals surface area (Å²) in [7, 11) is 1.64. The van der Waals surface area contributed by atoms with Crippen molar-refractivity contribution in [2.75, 3.05) is 33.2 Å². The van der Waals surface area contributed by atoms with E-state index < -0.39 is 18.2 Å². The summed E-state index contributed by atoms with van der Waals surface area (Å²) in [6.45, 7) is 7.85. The molecule has 1 aromatic rings. The molecule has 3 amide bonds. The molecule has 0 radical (unpaired) electrons. The fraction of sp³-hybridized carbons (Fsp3) is 0.526. The Hall–Kier alpha value is -2.68. The quantitative estimate of drug-likeness (QED) is 0.720. The number of aliphatic imine (C=N–C) groups is 1. The van der Waals surface area contributed by atoms with Crippen LogP contribution in [0.25, 0.3) is 0 Å². The normalized spacial score (nSPS) is 23.2. The molecule has 9 heteroatoms. The van der Waals surface area contributed by atoms with E-state index in [1.54, 1.807) is 19.2 Å². The Balaban J connectivity index is 1.84. The second-order valence-electron chi connectivity index (χ2n) is 6.93. The average Bonchev–Trinajstić information content (AvgIpc) is 3.04. The molecule has 0 aliphatic carbocycles. The Kier molecular flexibility index (Phi) is 6.13. The summed E-state index contributed by atoms with van der Waals surface area (Å²) in [5.41, 5.74) is 0.854. The minimum atomic E-state index is -0.597. The molecular formula is C19H27FN6O2. The highest BCUT2D eigenvalue weighted by Gasteiger charge is 2.49. The van der Waals surface area contributed by atoms with Gasteiger partial charge in [-0.2, -0.15) is 0 Å². The van der Waals surface area contributed by atoms with Crippen molar-refractivity contribution in [3.8, 4) is 0 Å². The number of carbonyl (C=O) groups is 2. The van der Waals surface area contributed by atoms with Crippen molar-refractivity contribution in [1.82, 2.24) is 25.3 Å². The van der Waals surface area contributed by atoms with Crippen molar-refractivity contribution in [2.24, 2.45) is 4.99 Å². The number of guanidine groups is 1. The minimum absolute atomic E-state index is 0.310. The molecule has 2 aliphatic heterocycles. The predicted octanol–water partition coefficient (Wildman–Crippen LogP) is 0.805. The number of benzene rings is 1. The number of nitrogens with one attached hydrogen (secondary N) is 2. The zero-order valence-electron chi connectivity index (χ0n) is 16.5. The number of halogens is 1. The molecule has 152 valence electrons. The molecule has 1 aromatic carbocycles. The molecular weight excluding hydrogens is 363 g/mol. The maximum atomic E-state index is 13.2. The van der Waals surface area contributed by atoms with E-state index in [1.807, 2.05) is 4.90 Å². The van der Waals surface area contributed by atoms with Crippen LogP contribution in [-0.4, -0.2) is 78.0 Å². The van der Waals surface area contributed by atoms with Gasteiger partial charge in [-0.05, 0) is 30.8 Å². The van der Waals surface area contributed by atoms with Crippen LogP contribution in [-0.2, 0) is 11.3 Å². The van der Waals surface area contributed by atoms with Gasteiger partial charge >= 0.3 is 6.03 Å². The van der Waals surface area contributed by atoms with Gasteiger partial charge in [0.25, 0.3) is 5.91 Å². The van der Waals surface area contributed by atoms with Crippen molar-refractivity contribution < 1.29 is 14.0 Å². The Bertz CT molecular complexity index is 749. The smallest absolute Gasteiger partial charge is 0.325 e. The third kappa shape index (κ3) is 4.09. The van der Waals surface area contributed by atoms with Gasteiger partial charge in [-0.15, -0.1) is 0 Å². The first-order valence-electron chi connectivity index (χ1n) is 9.56. The number of carbonyl (C=O) groups excluding carboxylic acids is 2. The highest BCUT2D eigenvalue weighted by molar-refractivity contribution is 6.04. The lowest BCUT2D eigenvalue weighted by molar-refractivity contribution is -0.127. The number of amides is 3. The van der Waals surface area contributed by atoms with E-state index in [2.05, 4.69) is 34.4 Å². The molecule has 2 aliphatic rings. The number of hydrogen-bond donors (Lipinski definition) is 2. The standard InChI is InChI=1S/C19H27FN6O2/c1-4-25(5-2)11-10-21-18-22-16-15(17(27)23-19(28)24(16)3)26(18)12-13-6-8-14(20)9-7-13/h6-9,15-16H,4-5,10-12H2,1-3H3,(H,21,22)(H,23,27,28). The van der Waals surface area contributed by atoms with Crippen LogP contribution in [0, 0.1) is 5.82 Å². The first kappa shape index (κ1) is 20.1. The molecule has 2 heterocycles. The number of nitrogens with zero attached hydrogens (tertiary/aromatic N) is 4. The predicted molar refractivity (Wildman–Crippen MR) is 104 cm³/mol. The van der Waals surface area contributed by atoms with Crippen molar-refractivity contribution in [1.29, 1.82) is 0 Å². The van der Waals surface area contributed by atoms with E-state index in [1.165, 1.54) is 17.0 Å². The van der Waals surface area contributed by atoms with Crippen molar-refractivity contribution in [2.45, 2.75) is 32.6 Å². The summed E-state index contributed by atoms with van der Waals surface area (Å²) in [5, 5.41) is 5.60. The van der Waals surface area contributed by atoms with E-state index in [4.69, 9.17) is 0 Å². The van der Waals surface area contributed by atoms with Crippen molar-refractivity contribution in [3.63, 3.8) is 0 Å². The molecule has 2 unspecified atom stereocenters. The molecule has 0 bridgehead atoms. The Morgan fingerprint density at radius 1 is 1.18 bits per heavy atom. The highest BCUT2D eigenvalue weighted by atomic mass is 19.1. The van der Waals surface area contributed by atoms with Crippen LogP contribution < -0.4 is 10.6 Å². The SMILES string of the molecule is CCN(CC)CCN=C1NC2C(C(=O)NC(=O)N2C)N1Cc1ccc(F)cc1. The minimum Gasteiger partial charge on any atom is -0.333 e. The van der Waals surface area contributed by atoms with Gasteiger partial charge in [0.15, 0.2) is 12.0 Å². The molecule has 0 saturated carbocycles. The number of rotatable bonds is 7. The van der Waals surface area contributed by atoms with E-state index in [0.717, 1.165) is 25.2 Å². The molecule has 0 aromatic heterocycles. The lowest BCUT2D eigenvalue weighted by atomic mass is 10.1. The van der Waals surface area contributed by atoms with E-state index in [9.17, 15) is 14.0 Å². The second-order valence-corrected chi connectivity index (χ2v) is 6.93. The number of hydrogen-bond acceptors (Lipinski definition) is 4. The Morgan fingerprint density at radius 3 is 2.50 bits per heavy atom. The van der Waals surface area contributed by atoms with Crippen LogP contribution >= 0.6 is 0 Å². The monoisotopic (exact) mass is 390 g/mol. The van der Waals surface area contributed by atoms with Gasteiger partial charge in [0, 0.05) is 20.1 Å². The van der Waals surface area contributed by atoms with Gasteiger partial charge in [-0.3, -0.25) is 15.1 Å². The number of imide groups is 1. The molecule has 28 heavy (non-hydrogen) atoms. The third-order valence-corrected chi connectivity index (χ3v) is 5.26. The zero-order chi connectivity index (χ0) is 20.3. The molecule has 2 atom stereocenters. The van der Waals surface area contributed by atoms with Crippen LogP contribution in [0.2, 0.25) is 0 Å². The molecule has 2 saturated heterocycles. The fourth-order valence-electron chi connectivity index (χ4n) is 3.52. The average molecular weight is 390 g/mol. The highest BCUT2D eigenvalue weighted by Crippen LogP contribution is 2.23. The van der Waals surface area contributed by atoms with Gasteiger partial charge in [0.1, 0.15) is 12.0 Å². The molecule has 2 N–H and O–H groups in total. The van der Waals surface area contributed by atoms with Crippen LogP contribution in [0.4, 0.5) is 9.18 Å². The van der Waals surface area contributed by atoms with Crippen molar-refractivity contribution in [3.05, 3.63) is 35.6 Å². The first-order valence-corrected chi connectivity index (χ1v) is 9.56. The molecule has 3 rings (SSSR count). The van der Waals surface area contributed by atoms with Gasteiger partial charge in [-0.25, -0.2) is 9.18 Å². The summed E-state index contributed by atoms with van der Waals surface area (Å²) in [5.74, 6) is -0.102. The van der Waals surface area contributed by atoms with Gasteiger partial charge < -0.3 is 20.0 Å². The maximum Gasteiger partial charge on any atom is 0.325 e. The van der Waals surface area contributed by atoms with Gasteiger partial charge in [-0.1, -0.05) is 26.0 Å². The molecule has 2 fully saturated rings. The first-order chi connectivity index (χ1) is 13.4. The lowest BCUT2D eigenvalue weighted by Crippen LogP contribution is -2.64. The summed E-state index contributed by atoms with van der Waals surface area (Å²) in [6, 6.07) is 5.12. The van der Waals surface area contributed by atoms with Crippen molar-refractivity contribution >= 4 is 17.9 Å². The van der Waals surface area contributed by atoms with E-state index in [0.29, 0.717) is 19.0 Å².